The van der Waals surface area contributed by atoms with Gasteiger partial charge in [-0.05, 0) is 32.1 Å². The second kappa shape index (κ2) is 4.21. The molecular formula is C13H18O2. The predicted octanol–water partition coefficient (Wildman–Crippen LogP) is 2.85. The number of fused-ring (bicyclic) bond motifs is 1. The van der Waals surface area contributed by atoms with Crippen LogP contribution in [0.25, 0.3) is 0 Å². The van der Waals surface area contributed by atoms with Crippen LogP contribution in [0.5, 0.6) is 0 Å². The molecule has 0 spiro atoms. The van der Waals surface area contributed by atoms with Crippen molar-refractivity contribution in [1.82, 2.24) is 0 Å². The minimum absolute atomic E-state index is 0.177. The first-order chi connectivity index (χ1) is 7.24. The second-order valence-corrected chi connectivity index (χ2v) is 4.34. The van der Waals surface area contributed by atoms with Crippen LogP contribution in [0, 0.1) is 11.8 Å². The van der Waals surface area contributed by atoms with Crippen molar-refractivity contribution in [3.8, 4) is 0 Å². The molecule has 2 rings (SSSR count). The van der Waals surface area contributed by atoms with E-state index in [2.05, 4.69) is 13.0 Å². The first-order valence-corrected chi connectivity index (χ1v) is 5.81. The first-order valence-electron chi connectivity index (χ1n) is 5.81. The summed E-state index contributed by atoms with van der Waals surface area (Å²) in [6.07, 6.45) is 7.52. The fourth-order valence-corrected chi connectivity index (χ4v) is 2.56. The second-order valence-electron chi connectivity index (χ2n) is 4.34. The van der Waals surface area contributed by atoms with E-state index in [-0.39, 0.29) is 5.97 Å². The van der Waals surface area contributed by atoms with E-state index in [1.807, 2.05) is 6.92 Å². The number of ether oxygens (including phenoxy) is 1. The third-order valence-electron chi connectivity index (χ3n) is 3.42. The molecule has 2 heteroatoms. The van der Waals surface area contributed by atoms with Gasteiger partial charge in [0.05, 0.1) is 6.61 Å². The van der Waals surface area contributed by atoms with Gasteiger partial charge in [-0.1, -0.05) is 24.1 Å². The maximum Gasteiger partial charge on any atom is 0.330 e. The molecule has 15 heavy (non-hydrogen) atoms. The van der Waals surface area contributed by atoms with Crippen molar-refractivity contribution in [2.45, 2.75) is 33.1 Å². The Morgan fingerprint density at radius 2 is 2.33 bits per heavy atom. The van der Waals surface area contributed by atoms with Crippen LogP contribution in [0.3, 0.4) is 0 Å². The molecule has 0 bridgehead atoms. The van der Waals surface area contributed by atoms with Gasteiger partial charge in [0.15, 0.2) is 0 Å². The average Bonchev–Trinajstić information content (AvgIpc) is 2.53. The van der Waals surface area contributed by atoms with Crippen LogP contribution in [0.15, 0.2) is 23.3 Å². The highest BCUT2D eigenvalue weighted by molar-refractivity contribution is 5.83. The minimum Gasteiger partial charge on any atom is -0.463 e. The van der Waals surface area contributed by atoms with Crippen molar-refractivity contribution in [3.63, 3.8) is 0 Å². The van der Waals surface area contributed by atoms with E-state index in [1.165, 1.54) is 12.0 Å². The van der Waals surface area contributed by atoms with E-state index in [0.29, 0.717) is 12.5 Å². The van der Waals surface area contributed by atoms with Crippen LogP contribution in [0.2, 0.25) is 0 Å². The summed E-state index contributed by atoms with van der Waals surface area (Å²) in [5.74, 6) is 1.15. The Morgan fingerprint density at radius 1 is 1.53 bits per heavy atom. The lowest BCUT2D eigenvalue weighted by Crippen LogP contribution is -2.24. The Bertz CT molecular complexity index is 325. The Balaban J connectivity index is 1.98. The highest BCUT2D eigenvalue weighted by atomic mass is 16.5. The van der Waals surface area contributed by atoms with Crippen molar-refractivity contribution in [2.75, 3.05) is 6.61 Å². The van der Waals surface area contributed by atoms with E-state index in [1.54, 1.807) is 11.6 Å². The Kier molecular flexibility index (Phi) is 2.94. The standard InChI is InChI=1S/C13H18O2/c1-3-9-5-10-7-11(12(10)6-9)8-13(14)15-4-2/h6,8,10,12H,3-5,7H2,1-2H3/b11-8+/t10-,12-/m0/s1. The third kappa shape index (κ3) is 1.99. The quantitative estimate of drug-likeness (QED) is 0.403. The van der Waals surface area contributed by atoms with E-state index in [0.717, 1.165) is 18.8 Å². The molecule has 0 unspecified atom stereocenters. The monoisotopic (exact) mass is 206 g/mol. The number of esters is 1. The van der Waals surface area contributed by atoms with Gasteiger partial charge in [0.1, 0.15) is 0 Å². The Hall–Kier alpha value is -1.05. The van der Waals surface area contributed by atoms with Gasteiger partial charge in [-0.15, -0.1) is 0 Å². The predicted molar refractivity (Wildman–Crippen MR) is 59.3 cm³/mol. The lowest BCUT2D eigenvalue weighted by molar-refractivity contribution is -0.137. The van der Waals surface area contributed by atoms with E-state index < -0.39 is 0 Å². The number of rotatable bonds is 3. The Labute approximate surface area is 91.0 Å². The highest BCUT2D eigenvalue weighted by Gasteiger charge is 2.38. The number of carbonyl (C=O) groups excluding carboxylic acids is 1. The summed E-state index contributed by atoms with van der Waals surface area (Å²) in [6, 6.07) is 0. The molecule has 0 saturated heterocycles. The van der Waals surface area contributed by atoms with Crippen molar-refractivity contribution in [1.29, 1.82) is 0 Å². The zero-order chi connectivity index (χ0) is 10.8. The topological polar surface area (TPSA) is 26.3 Å². The molecule has 1 saturated carbocycles. The van der Waals surface area contributed by atoms with Crippen LogP contribution >= 0.6 is 0 Å². The SMILES string of the molecule is CCOC(=O)/C=C1\C[C@@H]2CC(CC)=C[C@H]12. The maximum atomic E-state index is 11.3. The molecule has 82 valence electrons. The number of hydrogen-bond acceptors (Lipinski definition) is 2. The van der Waals surface area contributed by atoms with E-state index in [4.69, 9.17) is 4.74 Å². The molecule has 0 amide bonds. The molecule has 0 N–H and O–H groups in total. The zero-order valence-electron chi connectivity index (χ0n) is 9.45. The lowest BCUT2D eigenvalue weighted by Gasteiger charge is -2.33. The van der Waals surface area contributed by atoms with Gasteiger partial charge in [0.2, 0.25) is 0 Å². The largest absolute Gasteiger partial charge is 0.463 e. The molecule has 2 aliphatic carbocycles. The number of carbonyl (C=O) groups is 1. The van der Waals surface area contributed by atoms with Gasteiger partial charge < -0.3 is 4.74 Å². The van der Waals surface area contributed by atoms with Gasteiger partial charge in [-0.3, -0.25) is 0 Å². The smallest absolute Gasteiger partial charge is 0.330 e. The normalized spacial score (nSPS) is 30.8. The van der Waals surface area contributed by atoms with Crippen LogP contribution in [0.1, 0.15) is 33.1 Å². The highest BCUT2D eigenvalue weighted by Crippen LogP contribution is 2.49. The molecule has 0 radical (unpaired) electrons. The van der Waals surface area contributed by atoms with Crippen molar-refractivity contribution in [3.05, 3.63) is 23.3 Å². The van der Waals surface area contributed by atoms with E-state index in [9.17, 15) is 4.79 Å². The maximum absolute atomic E-state index is 11.3. The van der Waals surface area contributed by atoms with Crippen LogP contribution in [0.4, 0.5) is 0 Å². The van der Waals surface area contributed by atoms with E-state index >= 15 is 0 Å². The molecule has 0 heterocycles. The molecule has 2 aliphatic rings. The van der Waals surface area contributed by atoms with Crippen molar-refractivity contribution >= 4 is 5.97 Å². The van der Waals surface area contributed by atoms with Gasteiger partial charge in [0.25, 0.3) is 0 Å². The van der Waals surface area contributed by atoms with Crippen LogP contribution in [-0.2, 0) is 9.53 Å². The number of allylic oxidation sites excluding steroid dienone is 3. The molecule has 0 aliphatic heterocycles. The summed E-state index contributed by atoms with van der Waals surface area (Å²) >= 11 is 0. The summed E-state index contributed by atoms with van der Waals surface area (Å²) in [7, 11) is 0. The van der Waals surface area contributed by atoms with Crippen LogP contribution < -0.4 is 0 Å². The third-order valence-corrected chi connectivity index (χ3v) is 3.42. The molecule has 0 aromatic rings. The van der Waals surface area contributed by atoms with Crippen molar-refractivity contribution in [2.24, 2.45) is 11.8 Å². The molecule has 0 aromatic heterocycles. The molecule has 0 aromatic carbocycles. The zero-order valence-corrected chi connectivity index (χ0v) is 9.45. The first kappa shape index (κ1) is 10.5. The van der Waals surface area contributed by atoms with Crippen LogP contribution in [-0.4, -0.2) is 12.6 Å². The summed E-state index contributed by atoms with van der Waals surface area (Å²) in [6.45, 7) is 4.50. The number of hydrogen-bond donors (Lipinski definition) is 0. The Morgan fingerprint density at radius 3 is 3.00 bits per heavy atom. The van der Waals surface area contributed by atoms with Gasteiger partial charge in [-0.2, -0.15) is 0 Å². The molecule has 2 atom stereocenters. The molecular weight excluding hydrogens is 188 g/mol. The van der Waals surface area contributed by atoms with Gasteiger partial charge >= 0.3 is 5.97 Å². The van der Waals surface area contributed by atoms with Crippen molar-refractivity contribution < 1.29 is 9.53 Å². The van der Waals surface area contributed by atoms with Gasteiger partial charge in [-0.25, -0.2) is 4.79 Å². The minimum atomic E-state index is -0.177. The molecule has 1 fully saturated rings. The summed E-state index contributed by atoms with van der Waals surface area (Å²) in [4.78, 5) is 11.3. The average molecular weight is 206 g/mol. The summed E-state index contributed by atoms with van der Waals surface area (Å²) < 4.78 is 4.91. The fraction of sp³-hybridized carbons (Fsp3) is 0.615. The van der Waals surface area contributed by atoms with Gasteiger partial charge in [0, 0.05) is 12.0 Å². The summed E-state index contributed by atoms with van der Waals surface area (Å²) in [5.41, 5.74) is 2.82. The molecule has 2 nitrogen and oxygen atoms in total. The summed E-state index contributed by atoms with van der Waals surface area (Å²) in [5, 5.41) is 0. The fourth-order valence-electron chi connectivity index (χ4n) is 2.56. The lowest BCUT2D eigenvalue weighted by atomic mass is 9.71.